The maximum absolute atomic E-state index is 12.2. The Labute approximate surface area is 181 Å². The van der Waals surface area contributed by atoms with Crippen LogP contribution in [0.4, 0.5) is 11.4 Å². The van der Waals surface area contributed by atoms with E-state index in [0.717, 1.165) is 18.4 Å². The Bertz CT molecular complexity index is 952. The highest BCUT2D eigenvalue weighted by Crippen LogP contribution is 2.31. The SMILES string of the molecule is CC(C)c1ccc(CCNC(=O)COC(=O)c2ccc(NC3CC3)c([N+](=O)[O-])c2)cc1. The van der Waals surface area contributed by atoms with Crippen molar-refractivity contribution >= 4 is 23.3 Å². The molecule has 0 unspecified atom stereocenters. The minimum absolute atomic E-state index is 0.0334. The number of rotatable bonds is 10. The van der Waals surface area contributed by atoms with E-state index in [9.17, 15) is 19.7 Å². The van der Waals surface area contributed by atoms with Crippen molar-refractivity contribution in [3.63, 3.8) is 0 Å². The summed E-state index contributed by atoms with van der Waals surface area (Å²) < 4.78 is 5.01. The summed E-state index contributed by atoms with van der Waals surface area (Å²) in [6, 6.07) is 12.6. The number of nitro groups is 1. The first-order valence-electron chi connectivity index (χ1n) is 10.4. The monoisotopic (exact) mass is 425 g/mol. The van der Waals surface area contributed by atoms with E-state index in [1.807, 2.05) is 12.1 Å². The van der Waals surface area contributed by atoms with E-state index < -0.39 is 23.4 Å². The van der Waals surface area contributed by atoms with Crippen molar-refractivity contribution in [1.82, 2.24) is 5.32 Å². The number of hydrogen-bond donors (Lipinski definition) is 2. The maximum atomic E-state index is 12.2. The molecular formula is C23H27N3O5. The second-order valence-corrected chi connectivity index (χ2v) is 7.98. The van der Waals surface area contributed by atoms with Gasteiger partial charge >= 0.3 is 5.97 Å². The van der Waals surface area contributed by atoms with Crippen LogP contribution in [0, 0.1) is 10.1 Å². The Kier molecular flexibility index (Phi) is 7.23. The normalized spacial score (nSPS) is 13.0. The number of nitro benzene ring substituents is 1. The predicted molar refractivity (Wildman–Crippen MR) is 117 cm³/mol. The summed E-state index contributed by atoms with van der Waals surface area (Å²) >= 11 is 0. The fraction of sp³-hybridized carbons (Fsp3) is 0.391. The Balaban J connectivity index is 1.45. The average molecular weight is 425 g/mol. The van der Waals surface area contributed by atoms with Gasteiger partial charge in [-0.2, -0.15) is 0 Å². The third-order valence-electron chi connectivity index (χ3n) is 5.08. The standard InChI is InChI=1S/C23H27N3O5/c1-15(2)17-5-3-16(4-6-17)11-12-24-22(27)14-31-23(28)18-7-10-20(25-19-8-9-19)21(13-18)26(29)30/h3-7,10,13,15,19,25H,8-9,11-12,14H2,1-2H3,(H,24,27). The Morgan fingerprint density at radius 1 is 1.16 bits per heavy atom. The summed E-state index contributed by atoms with van der Waals surface area (Å²) in [5.74, 6) is -0.732. The second-order valence-electron chi connectivity index (χ2n) is 7.98. The first-order valence-corrected chi connectivity index (χ1v) is 10.4. The van der Waals surface area contributed by atoms with Gasteiger partial charge in [0.05, 0.1) is 10.5 Å². The van der Waals surface area contributed by atoms with Crippen molar-refractivity contribution in [1.29, 1.82) is 0 Å². The predicted octanol–water partition coefficient (Wildman–Crippen LogP) is 3.81. The minimum atomic E-state index is -0.777. The van der Waals surface area contributed by atoms with Crippen molar-refractivity contribution in [3.8, 4) is 0 Å². The van der Waals surface area contributed by atoms with E-state index >= 15 is 0 Å². The van der Waals surface area contributed by atoms with Gasteiger partial charge in [0, 0.05) is 18.7 Å². The van der Waals surface area contributed by atoms with E-state index in [4.69, 9.17) is 4.74 Å². The highest BCUT2D eigenvalue weighted by Gasteiger charge is 2.26. The molecule has 0 aliphatic heterocycles. The van der Waals surface area contributed by atoms with Crippen molar-refractivity contribution in [3.05, 3.63) is 69.3 Å². The Morgan fingerprint density at radius 3 is 2.48 bits per heavy atom. The molecule has 1 aliphatic rings. The van der Waals surface area contributed by atoms with Gasteiger partial charge in [0.2, 0.25) is 0 Å². The van der Waals surface area contributed by atoms with Gasteiger partial charge in [-0.1, -0.05) is 38.1 Å². The van der Waals surface area contributed by atoms with Crippen LogP contribution in [-0.2, 0) is 16.0 Å². The molecule has 3 rings (SSSR count). The Hall–Kier alpha value is -3.42. The number of anilines is 1. The topological polar surface area (TPSA) is 111 Å². The number of benzene rings is 2. The lowest BCUT2D eigenvalue weighted by atomic mass is 10.0. The smallest absolute Gasteiger partial charge is 0.338 e. The maximum Gasteiger partial charge on any atom is 0.338 e. The van der Waals surface area contributed by atoms with Gasteiger partial charge in [-0.15, -0.1) is 0 Å². The lowest BCUT2D eigenvalue weighted by molar-refractivity contribution is -0.384. The van der Waals surface area contributed by atoms with Crippen molar-refractivity contribution in [2.24, 2.45) is 0 Å². The largest absolute Gasteiger partial charge is 0.452 e. The van der Waals surface area contributed by atoms with Crippen LogP contribution in [0.2, 0.25) is 0 Å². The molecule has 1 amide bonds. The van der Waals surface area contributed by atoms with Crippen LogP contribution in [-0.4, -0.2) is 36.0 Å². The van der Waals surface area contributed by atoms with Crippen LogP contribution in [0.5, 0.6) is 0 Å². The number of nitrogens with one attached hydrogen (secondary N) is 2. The highest BCUT2D eigenvalue weighted by molar-refractivity contribution is 5.93. The minimum Gasteiger partial charge on any atom is -0.452 e. The van der Waals surface area contributed by atoms with Crippen molar-refractivity contribution < 1.29 is 19.2 Å². The molecule has 164 valence electrons. The average Bonchev–Trinajstić information content (AvgIpc) is 3.56. The van der Waals surface area contributed by atoms with Gasteiger partial charge < -0.3 is 15.4 Å². The molecule has 0 atom stereocenters. The molecule has 0 bridgehead atoms. The molecule has 0 aromatic heterocycles. The number of nitrogens with zero attached hydrogens (tertiary/aromatic N) is 1. The van der Waals surface area contributed by atoms with Crippen LogP contribution >= 0.6 is 0 Å². The molecule has 1 fully saturated rings. The van der Waals surface area contributed by atoms with Gasteiger partial charge in [-0.3, -0.25) is 14.9 Å². The van der Waals surface area contributed by atoms with Crippen molar-refractivity contribution in [2.45, 2.75) is 45.1 Å². The molecule has 2 aromatic rings. The van der Waals surface area contributed by atoms with E-state index in [1.54, 1.807) is 0 Å². The zero-order valence-electron chi connectivity index (χ0n) is 17.7. The summed E-state index contributed by atoms with van der Waals surface area (Å²) in [6.45, 7) is 4.24. The molecule has 0 saturated heterocycles. The lowest BCUT2D eigenvalue weighted by Crippen LogP contribution is -2.30. The third kappa shape index (κ3) is 6.53. The van der Waals surface area contributed by atoms with E-state index in [1.165, 1.54) is 23.8 Å². The second kappa shape index (κ2) is 10.1. The number of hydrogen-bond acceptors (Lipinski definition) is 6. The lowest BCUT2D eigenvalue weighted by Gasteiger charge is -2.09. The quantitative estimate of drug-likeness (QED) is 0.340. The molecule has 0 heterocycles. The first kappa shape index (κ1) is 22.3. The van der Waals surface area contributed by atoms with E-state index in [2.05, 4.69) is 36.6 Å². The molecule has 0 radical (unpaired) electrons. The van der Waals surface area contributed by atoms with Gasteiger partial charge in [0.15, 0.2) is 6.61 Å². The van der Waals surface area contributed by atoms with Crippen molar-refractivity contribution in [2.75, 3.05) is 18.5 Å². The van der Waals surface area contributed by atoms with Crippen LogP contribution in [0.25, 0.3) is 0 Å². The summed E-state index contributed by atoms with van der Waals surface area (Å²) in [6.07, 6.45) is 2.61. The first-order chi connectivity index (χ1) is 14.8. The zero-order chi connectivity index (χ0) is 22.4. The van der Waals surface area contributed by atoms with Gasteiger partial charge in [-0.05, 0) is 48.4 Å². The summed E-state index contributed by atoms with van der Waals surface area (Å²) in [7, 11) is 0. The molecular weight excluding hydrogens is 398 g/mol. The summed E-state index contributed by atoms with van der Waals surface area (Å²) in [5, 5.41) is 17.1. The molecule has 31 heavy (non-hydrogen) atoms. The van der Waals surface area contributed by atoms with Crippen LogP contribution in [0.1, 0.15) is 54.1 Å². The number of esters is 1. The molecule has 1 aliphatic carbocycles. The molecule has 0 spiro atoms. The molecule has 2 N–H and O–H groups in total. The molecule has 8 heteroatoms. The number of ether oxygens (including phenoxy) is 1. The fourth-order valence-corrected chi connectivity index (χ4v) is 3.06. The van der Waals surface area contributed by atoms with E-state index in [-0.39, 0.29) is 17.3 Å². The number of carbonyl (C=O) groups is 2. The third-order valence-corrected chi connectivity index (χ3v) is 5.08. The zero-order valence-corrected chi connectivity index (χ0v) is 17.7. The molecule has 8 nitrogen and oxygen atoms in total. The van der Waals surface area contributed by atoms with Gasteiger partial charge in [0.1, 0.15) is 5.69 Å². The van der Waals surface area contributed by atoms with Gasteiger partial charge in [0.25, 0.3) is 11.6 Å². The summed E-state index contributed by atoms with van der Waals surface area (Å²) in [5.41, 5.74) is 2.59. The number of amides is 1. The highest BCUT2D eigenvalue weighted by atomic mass is 16.6. The summed E-state index contributed by atoms with van der Waals surface area (Å²) in [4.78, 5) is 34.9. The molecule has 1 saturated carbocycles. The van der Waals surface area contributed by atoms with Crippen LogP contribution < -0.4 is 10.6 Å². The molecule has 2 aromatic carbocycles. The van der Waals surface area contributed by atoms with Gasteiger partial charge in [-0.25, -0.2) is 4.79 Å². The number of carbonyl (C=O) groups excluding carboxylic acids is 2. The van der Waals surface area contributed by atoms with Crippen LogP contribution in [0.15, 0.2) is 42.5 Å². The fourth-order valence-electron chi connectivity index (χ4n) is 3.06. The van der Waals surface area contributed by atoms with Crippen LogP contribution in [0.3, 0.4) is 0 Å². The Morgan fingerprint density at radius 2 is 1.87 bits per heavy atom. The van der Waals surface area contributed by atoms with E-state index in [0.29, 0.717) is 24.6 Å².